The van der Waals surface area contributed by atoms with Crippen LogP contribution in [0.3, 0.4) is 0 Å². The largest absolute Gasteiger partial charge is 0.433 e. The van der Waals surface area contributed by atoms with Crippen molar-refractivity contribution in [1.82, 2.24) is 20.2 Å². The van der Waals surface area contributed by atoms with Crippen LogP contribution in [0.5, 0.6) is 5.75 Å². The zero-order valence-electron chi connectivity index (χ0n) is 16.1. The number of nitrogens with one attached hydrogen (secondary N) is 1. The number of aryl methyl sites for hydroxylation is 1. The molecule has 3 rings (SSSR count). The molecular weight excluding hydrogens is 426 g/mol. The van der Waals surface area contributed by atoms with Gasteiger partial charge in [0, 0.05) is 33.2 Å². The van der Waals surface area contributed by atoms with Gasteiger partial charge in [0.1, 0.15) is 5.69 Å². The van der Waals surface area contributed by atoms with E-state index in [2.05, 4.69) is 25.6 Å². The van der Waals surface area contributed by atoms with Gasteiger partial charge in [-0.15, -0.1) is 0 Å². The molecule has 2 aromatic rings. The van der Waals surface area contributed by atoms with E-state index in [9.17, 15) is 18.4 Å². The highest BCUT2D eigenvalue weighted by molar-refractivity contribution is 6.38. The molecule has 1 aliphatic rings. The van der Waals surface area contributed by atoms with Gasteiger partial charge in [0.25, 0.3) is 5.91 Å². The number of nitrogens with zero attached hydrogens (tertiary/aromatic N) is 5. The second-order valence-corrected chi connectivity index (χ2v) is 6.89. The van der Waals surface area contributed by atoms with Crippen molar-refractivity contribution in [2.24, 2.45) is 13.0 Å². The molecular formula is C17H19ClF2N6O4. The monoisotopic (exact) mass is 444 g/mol. The van der Waals surface area contributed by atoms with Crippen molar-refractivity contribution in [3.63, 3.8) is 0 Å². The van der Waals surface area contributed by atoms with Crippen molar-refractivity contribution in [3.05, 3.63) is 22.7 Å². The average Bonchev–Trinajstić information content (AvgIpc) is 3.11. The summed E-state index contributed by atoms with van der Waals surface area (Å²) in [5, 5.41) is 12.9. The number of anilines is 2. The van der Waals surface area contributed by atoms with Crippen LogP contribution in [0, 0.1) is 5.92 Å². The van der Waals surface area contributed by atoms with Crippen molar-refractivity contribution in [3.8, 4) is 5.75 Å². The lowest BCUT2D eigenvalue weighted by Crippen LogP contribution is -2.36. The molecule has 162 valence electrons. The van der Waals surface area contributed by atoms with Gasteiger partial charge in [0.05, 0.1) is 10.6 Å². The van der Waals surface area contributed by atoms with Crippen molar-refractivity contribution in [2.45, 2.75) is 19.5 Å². The molecule has 0 radical (unpaired) electrons. The Balaban J connectivity index is 1.95. The number of benzene rings is 1. The minimum atomic E-state index is -3.14. The Morgan fingerprint density at radius 3 is 2.67 bits per heavy atom. The summed E-state index contributed by atoms with van der Waals surface area (Å²) in [5.41, 5.74) is -0.194. The van der Waals surface area contributed by atoms with Crippen LogP contribution in [0.4, 0.5) is 20.4 Å². The number of halogens is 3. The first kappa shape index (κ1) is 21.8. The molecule has 1 aliphatic heterocycles. The summed E-state index contributed by atoms with van der Waals surface area (Å²) >= 11 is 6.39. The lowest BCUT2D eigenvalue weighted by molar-refractivity contribution is -0.125. The zero-order chi connectivity index (χ0) is 21.8. The summed E-state index contributed by atoms with van der Waals surface area (Å²) in [7, 11) is 2.91. The van der Waals surface area contributed by atoms with Crippen molar-refractivity contribution < 1.29 is 27.8 Å². The van der Waals surface area contributed by atoms with Crippen LogP contribution in [0.15, 0.2) is 12.1 Å². The van der Waals surface area contributed by atoms with Gasteiger partial charge >= 0.3 is 6.61 Å². The number of ether oxygens (including phenoxy) is 2. The van der Waals surface area contributed by atoms with Crippen molar-refractivity contribution in [2.75, 3.05) is 30.5 Å². The number of amides is 2. The first-order chi connectivity index (χ1) is 14.3. The lowest BCUT2D eigenvalue weighted by Gasteiger charge is -2.28. The number of rotatable bonds is 6. The van der Waals surface area contributed by atoms with Gasteiger partial charge in [-0.2, -0.15) is 8.78 Å². The van der Waals surface area contributed by atoms with Gasteiger partial charge in [-0.3, -0.25) is 14.9 Å². The Bertz CT molecular complexity index is 935. The minimum Gasteiger partial charge on any atom is -0.433 e. The third kappa shape index (κ3) is 4.65. The Labute approximate surface area is 175 Å². The topological polar surface area (TPSA) is 111 Å². The van der Waals surface area contributed by atoms with Gasteiger partial charge in [0.15, 0.2) is 5.75 Å². The number of tetrazole rings is 1. The fourth-order valence-electron chi connectivity index (χ4n) is 3.06. The smallest absolute Gasteiger partial charge is 0.387 e. The third-order valence-electron chi connectivity index (χ3n) is 4.62. The molecule has 1 aromatic carbocycles. The highest BCUT2D eigenvalue weighted by Gasteiger charge is 2.30. The molecule has 1 fully saturated rings. The van der Waals surface area contributed by atoms with Crippen LogP contribution >= 0.6 is 11.6 Å². The number of hydrogen-bond acceptors (Lipinski definition) is 7. The van der Waals surface area contributed by atoms with E-state index >= 15 is 0 Å². The van der Waals surface area contributed by atoms with E-state index in [4.69, 9.17) is 16.3 Å². The first-order valence-electron chi connectivity index (χ1n) is 8.96. The Hall–Kier alpha value is -2.86. The molecule has 0 saturated carbocycles. The molecule has 0 aliphatic carbocycles. The molecule has 1 aromatic heterocycles. The van der Waals surface area contributed by atoms with Crippen LogP contribution in [0.25, 0.3) is 0 Å². The van der Waals surface area contributed by atoms with Crippen LogP contribution in [-0.4, -0.2) is 58.9 Å². The predicted octanol–water partition coefficient (Wildman–Crippen LogP) is 2.11. The van der Waals surface area contributed by atoms with E-state index in [0.29, 0.717) is 26.1 Å². The maximum Gasteiger partial charge on any atom is 0.387 e. The highest BCUT2D eigenvalue weighted by atomic mass is 35.5. The molecule has 2 heterocycles. The van der Waals surface area contributed by atoms with E-state index in [1.807, 2.05) is 0 Å². The van der Waals surface area contributed by atoms with Crippen LogP contribution in [0.2, 0.25) is 5.02 Å². The van der Waals surface area contributed by atoms with E-state index < -0.39 is 12.5 Å². The molecule has 1 N–H and O–H groups in total. The molecule has 0 atom stereocenters. The summed E-state index contributed by atoms with van der Waals surface area (Å²) in [6, 6.07) is 2.38. The van der Waals surface area contributed by atoms with E-state index in [0.717, 1.165) is 11.0 Å². The summed E-state index contributed by atoms with van der Waals surface area (Å²) in [5.74, 6) is -1.66. The number of aromatic nitrogens is 4. The molecule has 2 amide bonds. The number of hydrogen-bond donors (Lipinski definition) is 1. The second kappa shape index (κ2) is 9.30. The minimum absolute atomic E-state index is 0.0529. The van der Waals surface area contributed by atoms with Crippen LogP contribution in [0.1, 0.15) is 23.2 Å². The van der Waals surface area contributed by atoms with Gasteiger partial charge in [0.2, 0.25) is 11.9 Å². The standard InChI is InChI=1S/C17H19ClF2N6O4/c1-25(15(28)9-5-7-29-8-6-9)13-11(30-16(19)20)4-3-10(12(13)18)14(27)21-17-22-23-24-26(17)2/h3-4,9,16H,5-8H2,1-2H3,(H,21,22,24,27). The summed E-state index contributed by atoms with van der Waals surface area (Å²) in [6.07, 6.45) is 0.982. The van der Waals surface area contributed by atoms with Crippen LogP contribution in [-0.2, 0) is 16.6 Å². The fourth-order valence-corrected chi connectivity index (χ4v) is 3.43. The van der Waals surface area contributed by atoms with E-state index in [1.54, 1.807) is 0 Å². The quantitative estimate of drug-likeness (QED) is 0.726. The summed E-state index contributed by atoms with van der Waals surface area (Å²) < 4.78 is 36.9. The van der Waals surface area contributed by atoms with Gasteiger partial charge in [-0.1, -0.05) is 16.7 Å². The Morgan fingerprint density at radius 1 is 1.37 bits per heavy atom. The van der Waals surface area contributed by atoms with Gasteiger partial charge < -0.3 is 14.4 Å². The van der Waals surface area contributed by atoms with Gasteiger partial charge in [-0.05, 0) is 35.4 Å². The molecule has 0 spiro atoms. The number of carbonyl (C=O) groups is 2. The maximum atomic E-state index is 12.9. The van der Waals surface area contributed by atoms with E-state index in [1.165, 1.54) is 24.8 Å². The zero-order valence-corrected chi connectivity index (χ0v) is 16.9. The van der Waals surface area contributed by atoms with Crippen molar-refractivity contribution in [1.29, 1.82) is 0 Å². The summed E-state index contributed by atoms with van der Waals surface area (Å²) in [4.78, 5) is 26.7. The molecule has 10 nitrogen and oxygen atoms in total. The molecule has 13 heteroatoms. The average molecular weight is 445 g/mol. The van der Waals surface area contributed by atoms with E-state index in [-0.39, 0.29) is 39.8 Å². The second-order valence-electron chi connectivity index (χ2n) is 6.52. The highest BCUT2D eigenvalue weighted by Crippen LogP contribution is 2.40. The SMILES string of the molecule is CN(C(=O)C1CCOCC1)c1c(OC(F)F)ccc(C(=O)Nc2nnnn2C)c1Cl. The number of alkyl halides is 2. The first-order valence-corrected chi connectivity index (χ1v) is 9.33. The predicted molar refractivity (Wildman–Crippen MR) is 102 cm³/mol. The lowest BCUT2D eigenvalue weighted by atomic mass is 9.98. The molecule has 0 unspecified atom stereocenters. The maximum absolute atomic E-state index is 12.9. The molecule has 1 saturated heterocycles. The fraction of sp³-hybridized carbons (Fsp3) is 0.471. The molecule has 0 bridgehead atoms. The van der Waals surface area contributed by atoms with Gasteiger partial charge in [-0.25, -0.2) is 4.68 Å². The number of carbonyl (C=O) groups excluding carboxylic acids is 2. The Morgan fingerprint density at radius 2 is 2.07 bits per heavy atom. The molecule has 30 heavy (non-hydrogen) atoms. The van der Waals surface area contributed by atoms with Crippen molar-refractivity contribution >= 4 is 35.1 Å². The summed E-state index contributed by atoms with van der Waals surface area (Å²) in [6.45, 7) is -2.30. The third-order valence-corrected chi connectivity index (χ3v) is 5.00. The normalized spacial score (nSPS) is 14.6. The Kier molecular flexibility index (Phi) is 6.77. The van der Waals surface area contributed by atoms with Crippen LogP contribution < -0.4 is 15.0 Å².